The van der Waals surface area contributed by atoms with Gasteiger partial charge in [-0.15, -0.1) is 11.8 Å². The molecule has 0 spiro atoms. The van der Waals surface area contributed by atoms with Crippen LogP contribution in [0.25, 0.3) is 0 Å². The molecule has 2 heterocycles. The number of carbonyl (C=O) groups excluding carboxylic acids is 3. The van der Waals surface area contributed by atoms with Crippen LogP contribution in [0.15, 0.2) is 34.9 Å². The van der Waals surface area contributed by atoms with E-state index in [9.17, 15) is 24.5 Å². The minimum absolute atomic E-state index is 0.0518. The number of fused-ring (bicyclic) bond motifs is 1. The van der Waals surface area contributed by atoms with Gasteiger partial charge in [0.15, 0.2) is 0 Å². The number of halogens is 1. The SMILES string of the molecule is CCC1C(=O)N2C(C(=O)OCc3ccc([N+](=O)[O-])cc3)=C(SCCN(Br)C(=O)OC(C)(C)C)CC12. The molecule has 0 aliphatic carbocycles. The van der Waals surface area contributed by atoms with Gasteiger partial charge in [-0.3, -0.25) is 14.9 Å². The molecule has 1 aromatic rings. The molecule has 0 saturated carbocycles. The Morgan fingerprint density at radius 1 is 1.29 bits per heavy atom. The number of β-lactam (4-membered cyclic amide) rings is 1. The number of hydrogen-bond acceptors (Lipinski definition) is 8. The zero-order valence-electron chi connectivity index (χ0n) is 20.0. The summed E-state index contributed by atoms with van der Waals surface area (Å²) in [6.45, 7) is 7.54. The van der Waals surface area contributed by atoms with Crippen molar-refractivity contribution in [3.05, 3.63) is 50.5 Å². The van der Waals surface area contributed by atoms with Crippen LogP contribution in [0.2, 0.25) is 0 Å². The molecule has 190 valence electrons. The third kappa shape index (κ3) is 6.35. The van der Waals surface area contributed by atoms with Gasteiger partial charge in [0.1, 0.15) is 17.9 Å². The second-order valence-corrected chi connectivity index (χ2v) is 11.2. The Hall–Kier alpha value is -2.60. The number of benzene rings is 1. The van der Waals surface area contributed by atoms with Gasteiger partial charge in [-0.25, -0.2) is 13.5 Å². The Balaban J connectivity index is 1.66. The van der Waals surface area contributed by atoms with Gasteiger partial charge in [-0.2, -0.15) is 0 Å². The van der Waals surface area contributed by atoms with Gasteiger partial charge >= 0.3 is 12.1 Å². The quantitative estimate of drug-likeness (QED) is 0.137. The van der Waals surface area contributed by atoms with Crippen molar-refractivity contribution in [2.45, 2.75) is 58.8 Å². The van der Waals surface area contributed by atoms with Gasteiger partial charge in [0.25, 0.3) is 5.69 Å². The van der Waals surface area contributed by atoms with Crippen molar-refractivity contribution in [3.63, 3.8) is 0 Å². The second-order valence-electron chi connectivity index (χ2n) is 9.18. The first-order chi connectivity index (χ1) is 16.4. The molecule has 1 fully saturated rings. The Bertz CT molecular complexity index is 1040. The van der Waals surface area contributed by atoms with Gasteiger partial charge in [0.2, 0.25) is 5.91 Å². The topological polar surface area (TPSA) is 119 Å². The zero-order valence-corrected chi connectivity index (χ0v) is 22.4. The van der Waals surface area contributed by atoms with Crippen LogP contribution in [0.4, 0.5) is 10.5 Å². The number of carbonyl (C=O) groups is 3. The largest absolute Gasteiger partial charge is 0.456 e. The van der Waals surface area contributed by atoms with E-state index in [1.807, 2.05) is 6.92 Å². The van der Waals surface area contributed by atoms with Gasteiger partial charge in [-0.1, -0.05) is 6.92 Å². The molecule has 0 radical (unpaired) electrons. The fourth-order valence-corrected chi connectivity index (χ4v) is 5.52. The van der Waals surface area contributed by atoms with Crippen LogP contribution in [-0.4, -0.2) is 55.7 Å². The maximum atomic E-state index is 13.0. The van der Waals surface area contributed by atoms with Gasteiger partial charge < -0.3 is 14.4 Å². The summed E-state index contributed by atoms with van der Waals surface area (Å²) < 4.78 is 12.1. The Morgan fingerprint density at radius 2 is 1.94 bits per heavy atom. The van der Waals surface area contributed by atoms with Crippen molar-refractivity contribution in [2.24, 2.45) is 5.92 Å². The van der Waals surface area contributed by atoms with E-state index in [0.29, 0.717) is 30.7 Å². The number of nitro benzene ring substituents is 1. The van der Waals surface area contributed by atoms with E-state index in [2.05, 4.69) is 16.1 Å². The number of hydrogen-bond donors (Lipinski definition) is 0. The average molecular weight is 570 g/mol. The maximum Gasteiger partial charge on any atom is 0.420 e. The lowest BCUT2D eigenvalue weighted by Gasteiger charge is -2.43. The molecule has 35 heavy (non-hydrogen) atoms. The third-order valence-corrected chi connectivity index (χ3v) is 7.30. The standard InChI is InChI=1S/C23H28BrN3O7S/c1-5-16-17-12-18(35-11-10-25(24)22(30)34-23(2,3)4)19(26(17)20(16)28)21(29)33-13-14-6-8-15(9-7-14)27(31)32/h6-9,16-17H,5,10-13H2,1-4H3. The molecule has 3 rings (SSSR count). The number of ether oxygens (including phenoxy) is 2. The van der Waals surface area contributed by atoms with Gasteiger partial charge in [-0.05, 0) is 44.9 Å². The Morgan fingerprint density at radius 3 is 2.51 bits per heavy atom. The molecule has 10 nitrogen and oxygen atoms in total. The van der Waals surface area contributed by atoms with Crippen LogP contribution < -0.4 is 0 Å². The summed E-state index contributed by atoms with van der Waals surface area (Å²) in [6, 6.07) is 5.67. The molecule has 2 unspecified atom stereocenters. The molecule has 2 amide bonds. The highest BCUT2D eigenvalue weighted by atomic mass is 79.9. The van der Waals surface area contributed by atoms with Crippen LogP contribution in [0.1, 0.15) is 46.1 Å². The summed E-state index contributed by atoms with van der Waals surface area (Å²) in [4.78, 5) is 50.4. The summed E-state index contributed by atoms with van der Waals surface area (Å²) >= 11 is 4.62. The van der Waals surface area contributed by atoms with Crippen LogP contribution in [0, 0.1) is 16.0 Å². The van der Waals surface area contributed by atoms with Crippen LogP contribution in [0.5, 0.6) is 0 Å². The maximum absolute atomic E-state index is 13.0. The van der Waals surface area contributed by atoms with E-state index in [1.54, 1.807) is 20.8 Å². The predicted octanol–water partition coefficient (Wildman–Crippen LogP) is 4.77. The van der Waals surface area contributed by atoms with E-state index < -0.39 is 22.6 Å². The number of non-ortho nitro benzene ring substituents is 1. The smallest absolute Gasteiger partial charge is 0.420 e. The fourth-order valence-electron chi connectivity index (χ4n) is 3.90. The minimum atomic E-state index is -0.618. The Labute approximate surface area is 216 Å². The zero-order chi connectivity index (χ0) is 25.9. The van der Waals surface area contributed by atoms with Crippen molar-refractivity contribution in [1.29, 1.82) is 0 Å². The van der Waals surface area contributed by atoms with Gasteiger partial charge in [0, 0.05) is 35.8 Å². The summed E-state index contributed by atoms with van der Waals surface area (Å²) in [7, 11) is 0. The molecule has 0 bridgehead atoms. The minimum Gasteiger partial charge on any atom is -0.456 e. The van der Waals surface area contributed by atoms with Crippen LogP contribution >= 0.6 is 27.9 Å². The normalized spacial score (nSPS) is 19.2. The molecule has 2 aliphatic heterocycles. The molecule has 2 atom stereocenters. The number of rotatable bonds is 9. The van der Waals surface area contributed by atoms with Crippen molar-refractivity contribution in [2.75, 3.05) is 12.3 Å². The highest BCUT2D eigenvalue weighted by Crippen LogP contribution is 2.47. The number of nitrogens with zero attached hydrogens (tertiary/aromatic N) is 3. The van der Waals surface area contributed by atoms with Crippen LogP contribution in [-0.2, 0) is 25.7 Å². The molecule has 1 aromatic carbocycles. The second kappa shape index (κ2) is 11.0. The number of thioether (sulfide) groups is 1. The van der Waals surface area contributed by atoms with Crippen molar-refractivity contribution < 1.29 is 28.8 Å². The van der Waals surface area contributed by atoms with Crippen LogP contribution in [0.3, 0.4) is 0 Å². The molecule has 12 heteroatoms. The molecule has 0 N–H and O–H groups in total. The summed E-state index contributed by atoms with van der Waals surface area (Å²) in [5.41, 5.74) is 0.174. The Kier molecular flexibility index (Phi) is 8.47. The highest BCUT2D eigenvalue weighted by Gasteiger charge is 2.54. The molecular weight excluding hydrogens is 542 g/mol. The van der Waals surface area contributed by atoms with E-state index in [4.69, 9.17) is 9.47 Å². The third-order valence-electron chi connectivity index (χ3n) is 5.56. The number of esters is 1. The first kappa shape index (κ1) is 27.0. The van der Waals surface area contributed by atoms with E-state index >= 15 is 0 Å². The first-order valence-corrected chi connectivity index (χ1v) is 12.9. The number of amides is 2. The summed E-state index contributed by atoms with van der Waals surface area (Å²) in [5.74, 6) is -0.352. The van der Waals surface area contributed by atoms with Crippen molar-refractivity contribution in [3.8, 4) is 0 Å². The molecular formula is C23H28BrN3O7S. The molecule has 0 aromatic heterocycles. The van der Waals surface area contributed by atoms with E-state index in [1.165, 1.54) is 44.9 Å². The van der Waals surface area contributed by atoms with Gasteiger partial charge in [0.05, 0.1) is 33.0 Å². The molecule has 1 saturated heterocycles. The molecule has 2 aliphatic rings. The lowest BCUT2D eigenvalue weighted by atomic mass is 9.85. The van der Waals surface area contributed by atoms with E-state index in [0.717, 1.165) is 4.91 Å². The number of nitro groups is 1. The lowest BCUT2D eigenvalue weighted by Crippen LogP contribution is -2.58. The fraction of sp³-hybridized carbons (Fsp3) is 0.522. The van der Waals surface area contributed by atoms with E-state index in [-0.39, 0.29) is 35.9 Å². The highest BCUT2D eigenvalue weighted by molar-refractivity contribution is 9.07. The summed E-state index contributed by atoms with van der Waals surface area (Å²) in [6.07, 6.45) is 0.744. The summed E-state index contributed by atoms with van der Waals surface area (Å²) in [5, 5.41) is 10.8. The first-order valence-electron chi connectivity index (χ1n) is 11.2. The van der Waals surface area contributed by atoms with Crippen molar-refractivity contribution >= 4 is 51.6 Å². The van der Waals surface area contributed by atoms with Crippen molar-refractivity contribution in [1.82, 2.24) is 8.83 Å². The lowest BCUT2D eigenvalue weighted by molar-refractivity contribution is -0.384. The predicted molar refractivity (Wildman–Crippen MR) is 133 cm³/mol. The average Bonchev–Trinajstić information content (AvgIpc) is 3.11. The monoisotopic (exact) mass is 569 g/mol.